The zero-order valence-electron chi connectivity index (χ0n) is 17.6. The monoisotopic (exact) mass is 384 g/mol. The number of rotatable bonds is 2. The number of allylic oxidation sites excluding steroid dienone is 1. The van der Waals surface area contributed by atoms with Gasteiger partial charge in [0.2, 0.25) is 0 Å². The lowest BCUT2D eigenvalue weighted by Crippen LogP contribution is -2.54. The summed E-state index contributed by atoms with van der Waals surface area (Å²) < 4.78 is 0. The summed E-state index contributed by atoms with van der Waals surface area (Å²) in [6.07, 6.45) is 9.96. The van der Waals surface area contributed by atoms with E-state index in [1.165, 1.54) is 24.1 Å². The molecule has 28 heavy (non-hydrogen) atoms. The maximum Gasteiger partial charge on any atom is 0.141 e. The lowest BCUT2D eigenvalue weighted by atomic mass is 9.44. The van der Waals surface area contributed by atoms with Gasteiger partial charge in [-0.3, -0.25) is 4.79 Å². The summed E-state index contributed by atoms with van der Waals surface area (Å²) in [7, 11) is 0. The molecule has 0 aromatic rings. The number of hydrogen-bond donors (Lipinski definition) is 1. The quantitative estimate of drug-likeness (QED) is 0.563. The lowest BCUT2D eigenvalue weighted by Gasteiger charge is -2.60. The molecule has 4 aliphatic carbocycles. The van der Waals surface area contributed by atoms with Crippen LogP contribution >= 0.6 is 0 Å². The second-order valence-corrected chi connectivity index (χ2v) is 10.8. The largest absolute Gasteiger partial charge is 0.391 e. The summed E-state index contributed by atoms with van der Waals surface area (Å²) >= 11 is 0. The standard InChI is InChI=1S/C24H36N2O2/c1-15-12-16-13-17(26-28-18-8-11-25-14-18)6-9-23(16,2)20-7-10-24(3)19(22(15)20)4-5-21(24)27/h16,18-20,22,25H,1,4-14H2,2-3H3/b26-17-/t16?,18-,19+,20+,22+,23+,24+/m1/s1. The number of carbonyl (C=O) groups excluding carboxylic acids is 1. The van der Waals surface area contributed by atoms with E-state index in [0.717, 1.165) is 58.0 Å². The predicted octanol–water partition coefficient (Wildman–Crippen LogP) is 4.50. The Morgan fingerprint density at radius 3 is 2.75 bits per heavy atom. The number of nitrogens with one attached hydrogen (secondary N) is 1. The van der Waals surface area contributed by atoms with Crippen LogP contribution < -0.4 is 5.32 Å². The van der Waals surface area contributed by atoms with Gasteiger partial charge in [0.15, 0.2) is 0 Å². The van der Waals surface area contributed by atoms with Crippen LogP contribution in [0.25, 0.3) is 0 Å². The minimum absolute atomic E-state index is 0.0717. The molecule has 4 saturated carbocycles. The second-order valence-electron chi connectivity index (χ2n) is 10.8. The van der Waals surface area contributed by atoms with Gasteiger partial charge in [-0.25, -0.2) is 0 Å². The van der Waals surface area contributed by atoms with Crippen molar-refractivity contribution in [2.24, 2.45) is 39.7 Å². The number of carbonyl (C=O) groups is 1. The van der Waals surface area contributed by atoms with Gasteiger partial charge in [-0.1, -0.05) is 31.2 Å². The van der Waals surface area contributed by atoms with E-state index >= 15 is 0 Å². The average Bonchev–Trinajstić information content (AvgIpc) is 3.29. The first-order valence-electron chi connectivity index (χ1n) is 11.5. The van der Waals surface area contributed by atoms with Gasteiger partial charge in [-0.2, -0.15) is 0 Å². The van der Waals surface area contributed by atoms with Gasteiger partial charge in [-0.05, 0) is 80.6 Å². The van der Waals surface area contributed by atoms with E-state index in [9.17, 15) is 4.79 Å². The molecule has 1 heterocycles. The van der Waals surface area contributed by atoms with E-state index in [2.05, 4.69) is 30.9 Å². The third-order valence-electron chi connectivity index (χ3n) is 9.52. The highest BCUT2D eigenvalue weighted by Crippen LogP contribution is 2.66. The highest BCUT2D eigenvalue weighted by atomic mass is 16.6. The van der Waals surface area contributed by atoms with Gasteiger partial charge in [-0.15, -0.1) is 0 Å². The molecule has 0 aromatic heterocycles. The molecule has 154 valence electrons. The Balaban J connectivity index is 1.35. The molecule has 5 aliphatic rings. The van der Waals surface area contributed by atoms with Crippen LogP contribution in [0, 0.1) is 34.5 Å². The van der Waals surface area contributed by atoms with Gasteiger partial charge in [0, 0.05) is 24.8 Å². The Morgan fingerprint density at radius 1 is 1.11 bits per heavy atom. The van der Waals surface area contributed by atoms with Crippen molar-refractivity contribution in [2.75, 3.05) is 13.1 Å². The van der Waals surface area contributed by atoms with E-state index in [-0.39, 0.29) is 11.5 Å². The third-order valence-corrected chi connectivity index (χ3v) is 9.52. The molecular formula is C24H36N2O2. The number of ketones is 1. The van der Waals surface area contributed by atoms with Crippen LogP contribution in [0.1, 0.15) is 71.6 Å². The molecular weight excluding hydrogens is 348 g/mol. The van der Waals surface area contributed by atoms with Crippen molar-refractivity contribution in [1.29, 1.82) is 0 Å². The van der Waals surface area contributed by atoms with E-state index in [0.29, 0.717) is 34.9 Å². The first-order valence-corrected chi connectivity index (χ1v) is 11.5. The molecule has 1 N–H and O–H groups in total. The minimum Gasteiger partial charge on any atom is -0.391 e. The Labute approximate surface area is 169 Å². The van der Waals surface area contributed by atoms with Crippen molar-refractivity contribution in [3.05, 3.63) is 12.2 Å². The van der Waals surface area contributed by atoms with Crippen LogP contribution in [0.4, 0.5) is 0 Å². The van der Waals surface area contributed by atoms with Crippen LogP contribution in [-0.2, 0) is 9.63 Å². The molecule has 0 aromatic carbocycles. The van der Waals surface area contributed by atoms with Crippen molar-refractivity contribution in [2.45, 2.75) is 77.7 Å². The van der Waals surface area contributed by atoms with Crippen LogP contribution in [0.2, 0.25) is 0 Å². The molecule has 0 spiro atoms. The van der Waals surface area contributed by atoms with E-state index < -0.39 is 0 Å². The van der Waals surface area contributed by atoms with Gasteiger partial charge >= 0.3 is 0 Å². The number of Topliss-reactive ketones (excluding diaryl/α,β-unsaturated/α-hetero) is 1. The fourth-order valence-electron chi connectivity index (χ4n) is 7.66. The zero-order valence-corrected chi connectivity index (χ0v) is 17.6. The molecule has 7 atom stereocenters. The number of nitrogens with zero attached hydrogens (tertiary/aromatic N) is 1. The first-order chi connectivity index (χ1) is 13.4. The zero-order chi connectivity index (χ0) is 19.5. The topological polar surface area (TPSA) is 50.7 Å². The number of hydrogen-bond acceptors (Lipinski definition) is 4. The SMILES string of the molecule is C=C1CC2C/C(=N\O[C@@H]3CCNC3)CC[C@]2(C)[C@H]2CC[C@]3(C)C(=O)CC[C@H]3[C@H]12. The van der Waals surface area contributed by atoms with Gasteiger partial charge in [0.25, 0.3) is 0 Å². The average molecular weight is 385 g/mol. The van der Waals surface area contributed by atoms with E-state index in [1.807, 2.05) is 0 Å². The summed E-state index contributed by atoms with van der Waals surface area (Å²) in [5.41, 5.74) is 2.99. The highest BCUT2D eigenvalue weighted by Gasteiger charge is 2.61. The fraction of sp³-hybridized carbons (Fsp3) is 0.833. The van der Waals surface area contributed by atoms with Crippen LogP contribution in [0.5, 0.6) is 0 Å². The number of oxime groups is 1. The highest BCUT2D eigenvalue weighted by molar-refractivity contribution is 5.87. The fourth-order valence-corrected chi connectivity index (χ4v) is 7.66. The van der Waals surface area contributed by atoms with Gasteiger partial charge in [0.1, 0.15) is 11.9 Å². The van der Waals surface area contributed by atoms with Crippen molar-refractivity contribution in [1.82, 2.24) is 5.32 Å². The van der Waals surface area contributed by atoms with Crippen molar-refractivity contribution in [3.8, 4) is 0 Å². The molecule has 5 fully saturated rings. The first kappa shape index (κ1) is 18.8. The Bertz CT molecular complexity index is 709. The molecule has 5 rings (SSSR count). The summed E-state index contributed by atoms with van der Waals surface area (Å²) in [6.45, 7) is 11.3. The molecule has 1 aliphatic heterocycles. The normalized spacial score (nSPS) is 49.6. The minimum atomic E-state index is -0.0717. The van der Waals surface area contributed by atoms with E-state index in [1.54, 1.807) is 0 Å². The second kappa shape index (κ2) is 6.68. The molecule has 1 unspecified atom stereocenters. The smallest absolute Gasteiger partial charge is 0.141 e. The maximum atomic E-state index is 12.6. The molecule has 1 saturated heterocycles. The van der Waals surface area contributed by atoms with Gasteiger partial charge < -0.3 is 10.2 Å². The Kier molecular flexibility index (Phi) is 4.50. The molecule has 4 nitrogen and oxygen atoms in total. The van der Waals surface area contributed by atoms with Crippen LogP contribution in [0.15, 0.2) is 17.3 Å². The van der Waals surface area contributed by atoms with Crippen LogP contribution in [-0.4, -0.2) is 30.7 Å². The molecule has 0 bridgehead atoms. The number of fused-ring (bicyclic) bond motifs is 5. The predicted molar refractivity (Wildman–Crippen MR) is 111 cm³/mol. The summed E-state index contributed by atoms with van der Waals surface area (Å²) in [4.78, 5) is 18.5. The van der Waals surface area contributed by atoms with Crippen molar-refractivity contribution >= 4 is 11.5 Å². The van der Waals surface area contributed by atoms with Crippen molar-refractivity contribution < 1.29 is 9.63 Å². The molecule has 0 radical (unpaired) electrons. The van der Waals surface area contributed by atoms with Gasteiger partial charge in [0.05, 0.1) is 5.71 Å². The Morgan fingerprint density at radius 2 is 1.96 bits per heavy atom. The maximum absolute atomic E-state index is 12.6. The lowest BCUT2D eigenvalue weighted by molar-refractivity contribution is -0.133. The summed E-state index contributed by atoms with van der Waals surface area (Å²) in [6, 6.07) is 0. The van der Waals surface area contributed by atoms with E-state index in [4.69, 9.17) is 4.84 Å². The van der Waals surface area contributed by atoms with Crippen molar-refractivity contribution in [3.63, 3.8) is 0 Å². The molecule has 4 heteroatoms. The Hall–Kier alpha value is -1.16. The molecule has 0 amide bonds. The summed E-state index contributed by atoms with van der Waals surface area (Å²) in [5, 5.41) is 7.94. The summed E-state index contributed by atoms with van der Waals surface area (Å²) in [5.74, 6) is 2.96. The van der Waals surface area contributed by atoms with Crippen LogP contribution in [0.3, 0.4) is 0 Å². The third kappa shape index (κ3) is 2.74.